The number of aromatic nitrogens is 1. The van der Waals surface area contributed by atoms with Crippen molar-refractivity contribution in [2.24, 2.45) is 0 Å². The van der Waals surface area contributed by atoms with Gasteiger partial charge >= 0.3 is 0 Å². The molecule has 0 saturated carbocycles. The summed E-state index contributed by atoms with van der Waals surface area (Å²) < 4.78 is 15.5. The average molecular weight is 286 g/mol. The van der Waals surface area contributed by atoms with E-state index in [0.29, 0.717) is 11.3 Å². The van der Waals surface area contributed by atoms with Crippen LogP contribution >= 0.6 is 0 Å². The molecule has 1 heterocycles. The van der Waals surface area contributed by atoms with Gasteiger partial charge in [0.25, 0.3) is 0 Å². The fraction of sp³-hybridized carbons (Fsp3) is 0. The van der Waals surface area contributed by atoms with Gasteiger partial charge in [0.15, 0.2) is 0 Å². The van der Waals surface area contributed by atoms with Crippen LogP contribution in [0.2, 0.25) is 0 Å². The van der Waals surface area contributed by atoms with Crippen molar-refractivity contribution in [2.45, 2.75) is 0 Å². The number of nitrogens with zero attached hydrogens (tertiary/aromatic N) is 2. The van der Waals surface area contributed by atoms with Crippen molar-refractivity contribution < 1.29 is 4.39 Å². The average Bonchev–Trinajstić information content (AvgIpc) is 2.89. The SMILES string of the molecule is N#Cc1cc(F)ccc1-n1c2ccccc2c2ccccc21. The van der Waals surface area contributed by atoms with Crippen LogP contribution in [0, 0.1) is 17.1 Å². The second-order valence-electron chi connectivity index (χ2n) is 5.14. The molecular weight excluding hydrogens is 275 g/mol. The molecule has 0 spiro atoms. The maximum absolute atomic E-state index is 13.4. The van der Waals surface area contributed by atoms with Gasteiger partial charge in [-0.15, -0.1) is 0 Å². The molecule has 0 radical (unpaired) electrons. The first-order chi connectivity index (χ1) is 10.8. The topological polar surface area (TPSA) is 28.7 Å². The summed E-state index contributed by atoms with van der Waals surface area (Å²) in [6.45, 7) is 0. The van der Waals surface area contributed by atoms with E-state index in [9.17, 15) is 9.65 Å². The second-order valence-corrected chi connectivity index (χ2v) is 5.14. The fourth-order valence-corrected chi connectivity index (χ4v) is 2.97. The molecule has 3 aromatic carbocycles. The van der Waals surface area contributed by atoms with E-state index in [1.165, 1.54) is 12.1 Å². The summed E-state index contributed by atoms with van der Waals surface area (Å²) in [4.78, 5) is 0. The predicted molar refractivity (Wildman–Crippen MR) is 85.5 cm³/mol. The number of fused-ring (bicyclic) bond motifs is 3. The summed E-state index contributed by atoms with van der Waals surface area (Å²) >= 11 is 0. The van der Waals surface area contributed by atoms with Crippen LogP contribution in [0.25, 0.3) is 27.5 Å². The van der Waals surface area contributed by atoms with Gasteiger partial charge in [-0.25, -0.2) is 4.39 Å². The normalized spacial score (nSPS) is 10.9. The minimum atomic E-state index is -0.402. The van der Waals surface area contributed by atoms with Crippen molar-refractivity contribution in [1.82, 2.24) is 4.57 Å². The van der Waals surface area contributed by atoms with Crippen molar-refractivity contribution in [3.8, 4) is 11.8 Å². The van der Waals surface area contributed by atoms with Gasteiger partial charge in [-0.3, -0.25) is 0 Å². The molecule has 0 fully saturated rings. The van der Waals surface area contributed by atoms with Crippen molar-refractivity contribution in [1.29, 1.82) is 5.26 Å². The van der Waals surface area contributed by atoms with Gasteiger partial charge in [0.05, 0.1) is 22.3 Å². The smallest absolute Gasteiger partial charge is 0.124 e. The van der Waals surface area contributed by atoms with Crippen LogP contribution in [-0.4, -0.2) is 4.57 Å². The molecule has 0 aliphatic heterocycles. The summed E-state index contributed by atoms with van der Waals surface area (Å²) in [5, 5.41) is 11.6. The standard InChI is InChI=1S/C19H11FN2/c20-14-9-10-17(13(11-14)12-21)22-18-7-3-1-5-15(18)16-6-2-4-8-19(16)22/h1-11H. The molecule has 2 nitrogen and oxygen atoms in total. The van der Waals surface area contributed by atoms with Crippen LogP contribution < -0.4 is 0 Å². The van der Waals surface area contributed by atoms with E-state index in [1.54, 1.807) is 6.07 Å². The van der Waals surface area contributed by atoms with E-state index in [4.69, 9.17) is 0 Å². The first-order valence-corrected chi connectivity index (χ1v) is 6.98. The molecule has 0 unspecified atom stereocenters. The molecule has 3 heteroatoms. The highest BCUT2D eigenvalue weighted by Gasteiger charge is 2.14. The van der Waals surface area contributed by atoms with Gasteiger partial charge in [0.1, 0.15) is 11.9 Å². The second kappa shape index (κ2) is 4.71. The zero-order valence-corrected chi connectivity index (χ0v) is 11.6. The number of hydrogen-bond acceptors (Lipinski definition) is 1. The van der Waals surface area contributed by atoms with E-state index >= 15 is 0 Å². The molecule has 22 heavy (non-hydrogen) atoms. The molecule has 0 bridgehead atoms. The van der Waals surface area contributed by atoms with Gasteiger partial charge in [0, 0.05) is 10.8 Å². The van der Waals surface area contributed by atoms with E-state index in [1.807, 2.05) is 41.0 Å². The first kappa shape index (κ1) is 12.6. The third kappa shape index (κ3) is 1.71. The largest absolute Gasteiger partial charge is 0.308 e. The molecule has 0 atom stereocenters. The highest BCUT2D eigenvalue weighted by molar-refractivity contribution is 6.09. The lowest BCUT2D eigenvalue weighted by Gasteiger charge is -2.09. The highest BCUT2D eigenvalue weighted by atomic mass is 19.1. The Balaban J connectivity index is 2.21. The lowest BCUT2D eigenvalue weighted by atomic mass is 10.2. The van der Waals surface area contributed by atoms with Crippen LogP contribution in [-0.2, 0) is 0 Å². The van der Waals surface area contributed by atoms with Gasteiger partial charge < -0.3 is 4.57 Å². The highest BCUT2D eigenvalue weighted by Crippen LogP contribution is 2.32. The van der Waals surface area contributed by atoms with Crippen LogP contribution in [0.3, 0.4) is 0 Å². The van der Waals surface area contributed by atoms with Crippen LogP contribution in [0.15, 0.2) is 66.7 Å². The third-order valence-corrected chi connectivity index (χ3v) is 3.90. The number of benzene rings is 3. The molecule has 1 aromatic heterocycles. The molecule has 0 aliphatic rings. The van der Waals surface area contributed by atoms with E-state index in [2.05, 4.69) is 18.2 Å². The van der Waals surface area contributed by atoms with Crippen molar-refractivity contribution >= 4 is 21.8 Å². The third-order valence-electron chi connectivity index (χ3n) is 3.90. The Bertz CT molecular complexity index is 1000. The molecular formula is C19H11FN2. The van der Waals surface area contributed by atoms with Crippen LogP contribution in [0.1, 0.15) is 5.56 Å². The number of para-hydroxylation sites is 2. The maximum Gasteiger partial charge on any atom is 0.124 e. The summed E-state index contributed by atoms with van der Waals surface area (Å²) in [6, 6.07) is 22.5. The van der Waals surface area contributed by atoms with Crippen molar-refractivity contribution in [3.63, 3.8) is 0 Å². The van der Waals surface area contributed by atoms with E-state index < -0.39 is 5.82 Å². The molecule has 4 aromatic rings. The lowest BCUT2D eigenvalue weighted by Crippen LogP contribution is -1.98. The molecule has 0 N–H and O–H groups in total. The van der Waals surface area contributed by atoms with Gasteiger partial charge in [-0.05, 0) is 30.3 Å². The minimum absolute atomic E-state index is 0.325. The quantitative estimate of drug-likeness (QED) is 0.494. The van der Waals surface area contributed by atoms with Gasteiger partial charge in [0.2, 0.25) is 0 Å². The molecule has 0 amide bonds. The summed E-state index contributed by atoms with van der Waals surface area (Å²) in [6.07, 6.45) is 0. The Labute approximate surface area is 126 Å². The summed E-state index contributed by atoms with van der Waals surface area (Å²) in [7, 11) is 0. The lowest BCUT2D eigenvalue weighted by molar-refractivity contribution is 0.627. The number of nitriles is 1. The number of rotatable bonds is 1. The Morgan fingerprint density at radius 1 is 0.818 bits per heavy atom. The zero-order valence-electron chi connectivity index (χ0n) is 11.6. The summed E-state index contributed by atoms with van der Waals surface area (Å²) in [5.74, 6) is -0.402. The Kier molecular flexibility index (Phi) is 2.70. The molecule has 4 rings (SSSR count). The van der Waals surface area contributed by atoms with Crippen LogP contribution in [0.4, 0.5) is 4.39 Å². The Morgan fingerprint density at radius 2 is 1.41 bits per heavy atom. The van der Waals surface area contributed by atoms with Crippen molar-refractivity contribution in [3.05, 3.63) is 78.1 Å². The van der Waals surface area contributed by atoms with Gasteiger partial charge in [-0.1, -0.05) is 36.4 Å². The Morgan fingerprint density at radius 3 is 2.00 bits per heavy atom. The maximum atomic E-state index is 13.4. The van der Waals surface area contributed by atoms with Crippen LogP contribution in [0.5, 0.6) is 0 Å². The zero-order chi connectivity index (χ0) is 15.1. The Hall–Kier alpha value is -3.12. The van der Waals surface area contributed by atoms with E-state index in [0.717, 1.165) is 21.8 Å². The van der Waals surface area contributed by atoms with Gasteiger partial charge in [-0.2, -0.15) is 5.26 Å². The molecule has 104 valence electrons. The monoisotopic (exact) mass is 286 g/mol. The summed E-state index contributed by atoms with van der Waals surface area (Å²) in [5.41, 5.74) is 3.03. The van der Waals surface area contributed by atoms with Crippen molar-refractivity contribution in [2.75, 3.05) is 0 Å². The predicted octanol–water partition coefficient (Wildman–Crippen LogP) is 4.79. The number of halogens is 1. The molecule has 0 aliphatic carbocycles. The first-order valence-electron chi connectivity index (χ1n) is 6.98. The molecule has 0 saturated heterocycles. The van der Waals surface area contributed by atoms with E-state index in [-0.39, 0.29) is 0 Å². The minimum Gasteiger partial charge on any atom is -0.308 e. The fourth-order valence-electron chi connectivity index (χ4n) is 2.97. The number of hydrogen-bond donors (Lipinski definition) is 0.